The predicted molar refractivity (Wildman–Crippen MR) is 83.2 cm³/mol. The number of hydrogen-bond acceptors (Lipinski definition) is 5. The van der Waals surface area contributed by atoms with E-state index in [4.69, 9.17) is 10.5 Å². The van der Waals surface area contributed by atoms with Gasteiger partial charge in [0.2, 0.25) is 0 Å². The van der Waals surface area contributed by atoms with E-state index in [2.05, 4.69) is 0 Å². The van der Waals surface area contributed by atoms with Crippen LogP contribution in [-0.2, 0) is 11.8 Å². The van der Waals surface area contributed by atoms with Crippen molar-refractivity contribution in [1.29, 1.82) is 0 Å². The largest absolute Gasteiger partial charge is 0.381 e. The number of nitrogens with zero attached hydrogens (tertiary/aromatic N) is 3. The highest BCUT2D eigenvalue weighted by atomic mass is 35.5. The molecule has 2 rings (SSSR count). The highest BCUT2D eigenvalue weighted by Gasteiger charge is 2.34. The third-order valence-electron chi connectivity index (χ3n) is 4.04. The van der Waals surface area contributed by atoms with E-state index >= 15 is 0 Å². The molecule has 2 atom stereocenters. The first-order valence-corrected chi connectivity index (χ1v) is 6.83. The van der Waals surface area contributed by atoms with Crippen molar-refractivity contribution in [2.75, 3.05) is 20.2 Å². The summed E-state index contributed by atoms with van der Waals surface area (Å²) in [6.07, 6.45) is 1.53. The van der Waals surface area contributed by atoms with Gasteiger partial charge in [-0.2, -0.15) is 0 Å². The van der Waals surface area contributed by atoms with E-state index in [0.29, 0.717) is 25.2 Å². The number of rotatable bonds is 4. The van der Waals surface area contributed by atoms with Gasteiger partial charge in [-0.25, -0.2) is 4.57 Å². The fourth-order valence-electron chi connectivity index (χ4n) is 2.76. The minimum atomic E-state index is -0.506. The van der Waals surface area contributed by atoms with E-state index in [-0.39, 0.29) is 36.3 Å². The third kappa shape index (κ3) is 3.40. The molecule has 1 aromatic rings. The standard InChI is InChI=1S/C13H20N4O4.ClH/c1-15-11(3-4-12(15)17(19)20)13(18)16-6-5-10(21-2)7-9(16)8-14;/h3-4,9-10H,5-8,14H2,1-2H3;1H. The molecule has 1 aromatic heterocycles. The number of carbonyl (C=O) groups is 1. The van der Waals surface area contributed by atoms with E-state index in [0.717, 1.165) is 6.42 Å². The number of piperidine rings is 1. The van der Waals surface area contributed by atoms with Gasteiger partial charge in [0.05, 0.1) is 13.2 Å². The van der Waals surface area contributed by atoms with Crippen LogP contribution in [0.4, 0.5) is 5.82 Å². The molecule has 1 aliphatic rings. The number of ether oxygens (including phenoxy) is 1. The number of amides is 1. The van der Waals surface area contributed by atoms with Crippen LogP contribution in [0, 0.1) is 10.1 Å². The number of hydrogen-bond donors (Lipinski definition) is 1. The Hall–Kier alpha value is -1.64. The molecule has 124 valence electrons. The highest BCUT2D eigenvalue weighted by Crippen LogP contribution is 2.23. The summed E-state index contributed by atoms with van der Waals surface area (Å²) in [7, 11) is 3.17. The highest BCUT2D eigenvalue weighted by molar-refractivity contribution is 5.93. The van der Waals surface area contributed by atoms with Crippen molar-refractivity contribution >= 4 is 24.1 Å². The first-order valence-electron chi connectivity index (χ1n) is 6.83. The molecule has 1 amide bonds. The molecule has 0 aliphatic carbocycles. The van der Waals surface area contributed by atoms with E-state index < -0.39 is 4.92 Å². The predicted octanol–water partition coefficient (Wildman–Crippen LogP) is 0.933. The van der Waals surface area contributed by atoms with Crippen molar-refractivity contribution in [3.63, 3.8) is 0 Å². The maximum absolute atomic E-state index is 12.6. The van der Waals surface area contributed by atoms with Gasteiger partial charge in [0.25, 0.3) is 5.91 Å². The van der Waals surface area contributed by atoms with E-state index in [1.54, 1.807) is 12.0 Å². The van der Waals surface area contributed by atoms with Crippen molar-refractivity contribution < 1.29 is 14.5 Å². The summed E-state index contributed by atoms with van der Waals surface area (Å²) in [5, 5.41) is 10.9. The van der Waals surface area contributed by atoms with Crippen LogP contribution >= 0.6 is 12.4 Å². The third-order valence-corrected chi connectivity index (χ3v) is 4.04. The topological polar surface area (TPSA) is 104 Å². The Morgan fingerprint density at radius 1 is 1.55 bits per heavy atom. The fourth-order valence-corrected chi connectivity index (χ4v) is 2.76. The van der Waals surface area contributed by atoms with Crippen molar-refractivity contribution in [2.24, 2.45) is 12.8 Å². The van der Waals surface area contributed by atoms with Gasteiger partial charge in [0.15, 0.2) is 5.69 Å². The first kappa shape index (κ1) is 18.4. The van der Waals surface area contributed by atoms with Crippen molar-refractivity contribution in [1.82, 2.24) is 9.47 Å². The average Bonchev–Trinajstić information content (AvgIpc) is 2.87. The van der Waals surface area contributed by atoms with Crippen LogP contribution in [0.25, 0.3) is 0 Å². The zero-order chi connectivity index (χ0) is 15.6. The van der Waals surface area contributed by atoms with Gasteiger partial charge in [-0.15, -0.1) is 12.4 Å². The number of aromatic nitrogens is 1. The Morgan fingerprint density at radius 2 is 2.23 bits per heavy atom. The molecular formula is C13H21ClN4O4. The van der Waals surface area contributed by atoms with Gasteiger partial charge in [0, 0.05) is 32.3 Å². The van der Waals surface area contributed by atoms with Crippen LogP contribution < -0.4 is 5.73 Å². The Kier molecular flexibility index (Phi) is 6.34. The van der Waals surface area contributed by atoms with Crippen LogP contribution in [0.2, 0.25) is 0 Å². The molecule has 2 unspecified atom stereocenters. The molecular weight excluding hydrogens is 312 g/mol. The number of nitrogens with two attached hydrogens (primary N) is 1. The van der Waals surface area contributed by atoms with Crippen molar-refractivity contribution in [3.8, 4) is 0 Å². The Morgan fingerprint density at radius 3 is 2.73 bits per heavy atom. The van der Waals surface area contributed by atoms with Crippen LogP contribution in [0.3, 0.4) is 0 Å². The van der Waals surface area contributed by atoms with Crippen LogP contribution in [-0.4, -0.2) is 52.6 Å². The molecule has 1 saturated heterocycles. The zero-order valence-electron chi connectivity index (χ0n) is 12.6. The summed E-state index contributed by atoms with van der Waals surface area (Å²) in [6, 6.07) is 2.72. The second-order valence-electron chi connectivity index (χ2n) is 5.16. The molecule has 9 heteroatoms. The quantitative estimate of drug-likeness (QED) is 0.652. The minimum absolute atomic E-state index is 0. The molecule has 2 N–H and O–H groups in total. The summed E-state index contributed by atoms with van der Waals surface area (Å²) >= 11 is 0. The second kappa shape index (κ2) is 7.57. The molecule has 0 radical (unpaired) electrons. The number of nitro groups is 1. The number of methoxy groups -OCH3 is 1. The lowest BCUT2D eigenvalue weighted by Crippen LogP contribution is -2.51. The van der Waals surface area contributed by atoms with Gasteiger partial charge < -0.3 is 25.5 Å². The summed E-state index contributed by atoms with van der Waals surface area (Å²) in [5.41, 5.74) is 6.06. The lowest BCUT2D eigenvalue weighted by atomic mass is 9.99. The zero-order valence-corrected chi connectivity index (χ0v) is 13.4. The lowest BCUT2D eigenvalue weighted by Gasteiger charge is -2.38. The SMILES string of the molecule is COC1CCN(C(=O)c2ccc([N+](=O)[O-])n2C)C(CN)C1.Cl. The average molecular weight is 333 g/mol. The maximum atomic E-state index is 12.6. The smallest absolute Gasteiger partial charge is 0.323 e. The Bertz CT molecular complexity index is 548. The number of halogens is 1. The normalized spacial score (nSPS) is 21.3. The van der Waals surface area contributed by atoms with E-state index in [1.165, 1.54) is 23.7 Å². The minimum Gasteiger partial charge on any atom is -0.381 e. The van der Waals surface area contributed by atoms with Crippen LogP contribution in [0.5, 0.6) is 0 Å². The molecule has 0 spiro atoms. The van der Waals surface area contributed by atoms with Gasteiger partial charge in [-0.1, -0.05) is 0 Å². The fraction of sp³-hybridized carbons (Fsp3) is 0.615. The molecule has 8 nitrogen and oxygen atoms in total. The van der Waals surface area contributed by atoms with Gasteiger partial charge in [-0.05, 0) is 23.8 Å². The monoisotopic (exact) mass is 332 g/mol. The molecule has 0 saturated carbocycles. The summed E-state index contributed by atoms with van der Waals surface area (Å²) in [4.78, 5) is 24.6. The number of likely N-dealkylation sites (tertiary alicyclic amines) is 1. The van der Waals surface area contributed by atoms with Gasteiger partial charge in [0.1, 0.15) is 0 Å². The van der Waals surface area contributed by atoms with E-state index in [9.17, 15) is 14.9 Å². The maximum Gasteiger partial charge on any atom is 0.323 e. The van der Waals surface area contributed by atoms with Crippen LogP contribution in [0.15, 0.2) is 12.1 Å². The number of carbonyl (C=O) groups excluding carboxylic acids is 1. The molecule has 1 aliphatic heterocycles. The first-order chi connectivity index (χ1) is 9.99. The van der Waals surface area contributed by atoms with Crippen LogP contribution in [0.1, 0.15) is 23.3 Å². The summed E-state index contributed by atoms with van der Waals surface area (Å²) in [5.74, 6) is -0.329. The molecule has 0 bridgehead atoms. The second-order valence-corrected chi connectivity index (χ2v) is 5.16. The van der Waals surface area contributed by atoms with Gasteiger partial charge in [-0.3, -0.25) is 4.79 Å². The molecule has 0 aromatic carbocycles. The van der Waals surface area contributed by atoms with Crippen molar-refractivity contribution in [3.05, 3.63) is 27.9 Å². The lowest BCUT2D eigenvalue weighted by molar-refractivity contribution is -0.391. The summed E-state index contributed by atoms with van der Waals surface area (Å²) in [6.45, 7) is 0.885. The molecule has 1 fully saturated rings. The summed E-state index contributed by atoms with van der Waals surface area (Å²) < 4.78 is 6.63. The Balaban J connectivity index is 0.00000242. The van der Waals surface area contributed by atoms with Crippen molar-refractivity contribution in [2.45, 2.75) is 25.0 Å². The van der Waals surface area contributed by atoms with Gasteiger partial charge >= 0.3 is 5.82 Å². The molecule has 22 heavy (non-hydrogen) atoms. The Labute approximate surface area is 134 Å². The van der Waals surface area contributed by atoms with E-state index in [1.807, 2.05) is 0 Å². The molecule has 2 heterocycles.